The molecule has 0 aromatic heterocycles. The molecule has 4 aromatic carbocycles. The zero-order chi connectivity index (χ0) is 28.7. The zero-order valence-electron chi connectivity index (χ0n) is 21.7. The van der Waals surface area contributed by atoms with Crippen LogP contribution < -0.4 is 10.1 Å². The van der Waals surface area contributed by atoms with E-state index in [1.54, 1.807) is 6.07 Å². The maximum atomic E-state index is 13.4. The minimum atomic E-state index is -4.36. The highest BCUT2D eigenvalue weighted by atomic mass is 32.2. The first kappa shape index (κ1) is 29.0. The van der Waals surface area contributed by atoms with Gasteiger partial charge in [-0.1, -0.05) is 54.6 Å². The number of ether oxygens (including phenoxy) is 1. The first-order chi connectivity index (χ1) is 19.1. The number of carbonyl (C=O) groups is 2. The van der Waals surface area contributed by atoms with Gasteiger partial charge in [0.2, 0.25) is 5.91 Å². The Morgan fingerprint density at radius 2 is 1.70 bits per heavy atom. The van der Waals surface area contributed by atoms with Gasteiger partial charge >= 0.3 is 11.5 Å². The van der Waals surface area contributed by atoms with E-state index in [4.69, 9.17) is 9.84 Å². The van der Waals surface area contributed by atoms with Gasteiger partial charge in [0.15, 0.2) is 0 Å². The van der Waals surface area contributed by atoms with Crippen LogP contribution in [0.3, 0.4) is 0 Å². The predicted octanol–water partition coefficient (Wildman–Crippen LogP) is 8.18. The van der Waals surface area contributed by atoms with Gasteiger partial charge in [0, 0.05) is 17.0 Å². The number of thioether (sulfide) groups is 1. The van der Waals surface area contributed by atoms with Crippen molar-refractivity contribution in [2.24, 2.45) is 0 Å². The van der Waals surface area contributed by atoms with Crippen molar-refractivity contribution in [2.75, 3.05) is 5.32 Å². The Morgan fingerprint density at radius 3 is 2.42 bits per heavy atom. The van der Waals surface area contributed by atoms with E-state index >= 15 is 0 Å². The Balaban J connectivity index is 1.51. The number of alkyl halides is 3. The maximum Gasteiger partial charge on any atom is 0.446 e. The molecule has 1 amide bonds. The number of anilines is 1. The molecule has 0 saturated carbocycles. The molecule has 0 aliphatic carbocycles. The summed E-state index contributed by atoms with van der Waals surface area (Å²) in [5.74, 6) is -1.13. The molecule has 0 heterocycles. The minimum Gasteiger partial charge on any atom is -0.489 e. The summed E-state index contributed by atoms with van der Waals surface area (Å²) in [6.07, 6.45) is 0.881. The van der Waals surface area contributed by atoms with E-state index in [1.807, 2.05) is 61.5 Å². The van der Waals surface area contributed by atoms with Crippen molar-refractivity contribution in [1.82, 2.24) is 0 Å². The third-order valence-corrected chi connectivity index (χ3v) is 7.15. The molecule has 0 fully saturated rings. The average molecular weight is 568 g/mol. The number of carbonyl (C=O) groups excluding carboxylic acids is 1. The molecule has 0 bridgehead atoms. The van der Waals surface area contributed by atoms with Crippen LogP contribution in [0.2, 0.25) is 0 Å². The van der Waals surface area contributed by atoms with E-state index < -0.39 is 17.4 Å². The first-order valence-corrected chi connectivity index (χ1v) is 13.5. The van der Waals surface area contributed by atoms with Crippen molar-refractivity contribution in [2.45, 2.75) is 49.1 Å². The quantitative estimate of drug-likeness (QED) is 0.179. The Hall–Kier alpha value is -3.98. The Kier molecular flexibility index (Phi) is 9.37. The summed E-state index contributed by atoms with van der Waals surface area (Å²) in [6, 6.07) is 24.8. The highest BCUT2D eigenvalue weighted by Gasteiger charge is 2.29. The lowest BCUT2D eigenvalue weighted by Gasteiger charge is -2.18. The third-order valence-electron chi connectivity index (χ3n) is 6.41. The lowest BCUT2D eigenvalue weighted by atomic mass is 9.94. The van der Waals surface area contributed by atoms with Gasteiger partial charge in [-0.3, -0.25) is 9.59 Å². The number of aryl methyl sites for hydroxylation is 1. The van der Waals surface area contributed by atoms with Crippen LogP contribution >= 0.6 is 11.8 Å². The number of hydrogen-bond acceptors (Lipinski definition) is 4. The second-order valence-electron chi connectivity index (χ2n) is 9.33. The van der Waals surface area contributed by atoms with E-state index in [-0.39, 0.29) is 35.6 Å². The molecular weight excluding hydrogens is 539 g/mol. The second-order valence-corrected chi connectivity index (χ2v) is 10.5. The number of aliphatic carboxylic acids is 1. The summed E-state index contributed by atoms with van der Waals surface area (Å²) in [4.78, 5) is 24.5. The van der Waals surface area contributed by atoms with Crippen molar-refractivity contribution in [3.63, 3.8) is 0 Å². The van der Waals surface area contributed by atoms with Crippen molar-refractivity contribution in [1.29, 1.82) is 0 Å². The molecule has 4 rings (SSSR count). The lowest BCUT2D eigenvalue weighted by molar-refractivity contribution is -0.137. The Labute approximate surface area is 234 Å². The van der Waals surface area contributed by atoms with Gasteiger partial charge in [0.1, 0.15) is 12.4 Å². The molecule has 0 aliphatic heterocycles. The number of rotatable bonds is 11. The number of amides is 1. The van der Waals surface area contributed by atoms with Crippen LogP contribution in [0.25, 0.3) is 10.8 Å². The summed E-state index contributed by atoms with van der Waals surface area (Å²) in [5, 5.41) is 14.1. The van der Waals surface area contributed by atoms with E-state index in [9.17, 15) is 22.8 Å². The molecule has 2 N–H and O–H groups in total. The molecule has 1 atom stereocenters. The number of halogens is 3. The van der Waals surface area contributed by atoms with Crippen LogP contribution in [-0.2, 0) is 22.6 Å². The fraction of sp³-hybridized carbons (Fsp3) is 0.226. The molecule has 5 nitrogen and oxygen atoms in total. The summed E-state index contributed by atoms with van der Waals surface area (Å²) >= 11 is -0.190. The molecule has 0 saturated heterocycles. The average Bonchev–Trinajstić information content (AvgIpc) is 2.92. The fourth-order valence-electron chi connectivity index (χ4n) is 4.39. The second kappa shape index (κ2) is 12.9. The summed E-state index contributed by atoms with van der Waals surface area (Å²) in [5.41, 5.74) is -1.35. The standard InChI is InChI=1S/C31H28F3NO4S/c1-20(26-10-4-7-22-6-2-3-9-27(22)26)30(38)35-28-18-21(12-13-23(28)8-5-11-29(36)37)19-39-24-14-16-25(17-15-24)40-31(32,33)34/h2-4,6-7,9-10,12-18,20H,5,8,11,19H2,1H3,(H,35,38)(H,36,37). The van der Waals surface area contributed by atoms with Crippen LogP contribution in [0.5, 0.6) is 5.75 Å². The molecule has 208 valence electrons. The van der Waals surface area contributed by atoms with E-state index in [0.717, 1.165) is 27.5 Å². The smallest absolute Gasteiger partial charge is 0.446 e. The molecule has 9 heteroatoms. The highest BCUT2D eigenvalue weighted by Crippen LogP contribution is 2.37. The summed E-state index contributed by atoms with van der Waals surface area (Å²) in [7, 11) is 0. The summed E-state index contributed by atoms with van der Waals surface area (Å²) in [6.45, 7) is 1.97. The fourth-order valence-corrected chi connectivity index (χ4v) is 4.93. The van der Waals surface area contributed by atoms with E-state index in [2.05, 4.69) is 5.32 Å². The molecule has 1 unspecified atom stereocenters. The van der Waals surface area contributed by atoms with Crippen LogP contribution in [0.15, 0.2) is 89.8 Å². The monoisotopic (exact) mass is 567 g/mol. The number of nitrogens with one attached hydrogen (secondary N) is 1. The molecule has 0 radical (unpaired) electrons. The molecule has 40 heavy (non-hydrogen) atoms. The first-order valence-electron chi connectivity index (χ1n) is 12.7. The van der Waals surface area contributed by atoms with Gasteiger partial charge in [-0.2, -0.15) is 13.2 Å². The largest absolute Gasteiger partial charge is 0.489 e. The lowest BCUT2D eigenvalue weighted by Crippen LogP contribution is -2.20. The molecule has 4 aromatic rings. The topological polar surface area (TPSA) is 75.6 Å². The van der Waals surface area contributed by atoms with Crippen molar-refractivity contribution >= 4 is 40.1 Å². The highest BCUT2D eigenvalue weighted by molar-refractivity contribution is 8.00. The van der Waals surface area contributed by atoms with E-state index in [0.29, 0.717) is 24.3 Å². The van der Waals surface area contributed by atoms with Crippen molar-refractivity contribution < 1.29 is 32.6 Å². The van der Waals surface area contributed by atoms with Gasteiger partial charge in [0.25, 0.3) is 0 Å². The minimum absolute atomic E-state index is 0.00722. The normalized spacial score (nSPS) is 12.2. The van der Waals surface area contributed by atoms with E-state index in [1.165, 1.54) is 24.3 Å². The van der Waals surface area contributed by atoms with Crippen LogP contribution in [0.4, 0.5) is 18.9 Å². The maximum absolute atomic E-state index is 13.4. The number of fused-ring (bicyclic) bond motifs is 1. The molecular formula is C31H28F3NO4S. The van der Waals surface area contributed by atoms with Crippen molar-refractivity contribution in [3.05, 3.63) is 102 Å². The van der Waals surface area contributed by atoms with Crippen LogP contribution in [-0.4, -0.2) is 22.5 Å². The molecule has 0 aliphatic rings. The Bertz CT molecular complexity index is 1480. The Morgan fingerprint density at radius 1 is 0.975 bits per heavy atom. The van der Waals surface area contributed by atoms with Gasteiger partial charge in [0.05, 0.1) is 5.92 Å². The number of hydrogen-bond donors (Lipinski definition) is 2. The SMILES string of the molecule is CC(C(=O)Nc1cc(COc2ccc(SC(F)(F)F)cc2)ccc1CCCC(=O)O)c1cccc2ccccc12. The van der Waals surface area contributed by atoms with Gasteiger partial charge in [-0.25, -0.2) is 0 Å². The number of carboxylic acids is 1. The zero-order valence-corrected chi connectivity index (χ0v) is 22.5. The van der Waals surface area contributed by atoms with Crippen molar-refractivity contribution in [3.8, 4) is 5.75 Å². The number of benzene rings is 4. The number of carboxylic acid groups (broad SMARTS) is 1. The third kappa shape index (κ3) is 8.02. The van der Waals surface area contributed by atoms with Gasteiger partial charge in [-0.15, -0.1) is 0 Å². The van der Waals surface area contributed by atoms with Gasteiger partial charge in [-0.05, 0) is 89.3 Å². The molecule has 0 spiro atoms. The van der Waals surface area contributed by atoms with Gasteiger partial charge < -0.3 is 15.2 Å². The predicted molar refractivity (Wildman–Crippen MR) is 151 cm³/mol. The van der Waals surface area contributed by atoms with Crippen LogP contribution in [0, 0.1) is 0 Å². The van der Waals surface area contributed by atoms with Crippen LogP contribution in [0.1, 0.15) is 42.4 Å². The summed E-state index contributed by atoms with van der Waals surface area (Å²) < 4.78 is 43.5.